The average molecular weight is 525 g/mol. The molecule has 7 nitrogen and oxygen atoms in total. The molecule has 0 saturated carbocycles. The summed E-state index contributed by atoms with van der Waals surface area (Å²) < 4.78 is 42.6. The Labute approximate surface area is 212 Å². The van der Waals surface area contributed by atoms with Crippen LogP contribution in [0.25, 0.3) is 11.1 Å². The number of hydrogen-bond acceptors (Lipinski definition) is 6. The van der Waals surface area contributed by atoms with Crippen LogP contribution < -0.4 is 15.4 Å². The van der Waals surface area contributed by atoms with Crippen molar-refractivity contribution < 1.29 is 27.8 Å². The fourth-order valence-electron chi connectivity index (χ4n) is 4.59. The molecule has 2 aromatic rings. The standard InChI is InChI=1S/C25H28ClF3N4O3/c1-32-13-11-30-22(32)15-23(34)33-12-5-4-7-20(33)24(35)31-16-9-10-17(19(26)14-16)18-6-2-3-8-21(18)36-25(27,28)29/h2-3,6,8-11,13-14,20,22-23,30,34H,4-5,7,12,15H2,1H3,(H,31,35). The van der Waals surface area contributed by atoms with Crippen molar-refractivity contribution >= 4 is 23.2 Å². The lowest BCUT2D eigenvalue weighted by atomic mass is 9.99. The van der Waals surface area contributed by atoms with Crippen LogP contribution in [0.4, 0.5) is 18.9 Å². The first-order valence-electron chi connectivity index (χ1n) is 11.7. The molecule has 36 heavy (non-hydrogen) atoms. The fourth-order valence-corrected chi connectivity index (χ4v) is 4.88. The lowest BCUT2D eigenvalue weighted by molar-refractivity contribution is -0.274. The highest BCUT2D eigenvalue weighted by molar-refractivity contribution is 6.33. The van der Waals surface area contributed by atoms with Crippen LogP contribution in [-0.2, 0) is 4.79 Å². The lowest BCUT2D eigenvalue weighted by Gasteiger charge is -2.39. The normalized spacial score (nSPS) is 21.2. The van der Waals surface area contributed by atoms with E-state index in [1.165, 1.54) is 24.3 Å². The summed E-state index contributed by atoms with van der Waals surface area (Å²) in [6.07, 6.45) is 0.770. The van der Waals surface area contributed by atoms with Gasteiger partial charge in [0.1, 0.15) is 18.1 Å². The van der Waals surface area contributed by atoms with Crippen molar-refractivity contribution in [3.63, 3.8) is 0 Å². The van der Waals surface area contributed by atoms with E-state index in [1.54, 1.807) is 18.2 Å². The minimum atomic E-state index is -4.84. The SMILES string of the molecule is CN1C=CNC1CC(O)N1CCCCC1C(=O)Nc1ccc(-c2ccccc2OC(F)(F)F)c(Cl)c1. The molecule has 2 aliphatic heterocycles. The highest BCUT2D eigenvalue weighted by Gasteiger charge is 2.35. The first kappa shape index (κ1) is 26.1. The quantitative estimate of drug-likeness (QED) is 0.486. The molecule has 3 N–H and O–H groups in total. The van der Waals surface area contributed by atoms with E-state index in [1.807, 2.05) is 29.2 Å². The zero-order valence-corrected chi connectivity index (χ0v) is 20.4. The molecule has 194 valence electrons. The maximum Gasteiger partial charge on any atom is 0.573 e. The van der Waals surface area contributed by atoms with Crippen molar-refractivity contribution in [2.45, 2.75) is 50.5 Å². The first-order valence-corrected chi connectivity index (χ1v) is 12.0. The van der Waals surface area contributed by atoms with Gasteiger partial charge in [-0.3, -0.25) is 9.69 Å². The second-order valence-corrected chi connectivity index (χ2v) is 9.26. The van der Waals surface area contributed by atoms with Crippen molar-refractivity contribution in [3.05, 3.63) is 59.9 Å². The van der Waals surface area contributed by atoms with E-state index in [9.17, 15) is 23.1 Å². The van der Waals surface area contributed by atoms with Crippen molar-refractivity contribution in [2.75, 3.05) is 18.9 Å². The highest BCUT2D eigenvalue weighted by atomic mass is 35.5. The molecule has 11 heteroatoms. The van der Waals surface area contributed by atoms with Gasteiger partial charge >= 0.3 is 6.36 Å². The van der Waals surface area contributed by atoms with E-state index in [4.69, 9.17) is 11.6 Å². The molecule has 2 aliphatic rings. The zero-order chi connectivity index (χ0) is 25.9. The molecule has 1 amide bonds. The number of carbonyl (C=O) groups is 1. The van der Waals surface area contributed by atoms with Gasteiger partial charge in [0, 0.05) is 49.2 Å². The Morgan fingerprint density at radius 3 is 2.72 bits per heavy atom. The summed E-state index contributed by atoms with van der Waals surface area (Å²) in [4.78, 5) is 16.9. The number of amides is 1. The number of rotatable bonds is 7. The third-order valence-electron chi connectivity index (χ3n) is 6.39. The number of ether oxygens (including phenoxy) is 1. The van der Waals surface area contributed by atoms with Crippen LogP contribution in [0.2, 0.25) is 5.02 Å². The molecule has 0 radical (unpaired) electrons. The number of benzene rings is 2. The lowest BCUT2D eigenvalue weighted by Crippen LogP contribution is -2.53. The Kier molecular flexibility index (Phi) is 7.97. The number of aliphatic hydroxyl groups is 1. The number of nitrogens with zero attached hydrogens (tertiary/aromatic N) is 2. The van der Waals surface area contributed by atoms with Crippen LogP contribution in [0.3, 0.4) is 0 Å². The molecule has 0 bridgehead atoms. The zero-order valence-electron chi connectivity index (χ0n) is 19.6. The Hall–Kier alpha value is -2.95. The number of para-hydroxylation sites is 1. The topological polar surface area (TPSA) is 77.1 Å². The molecule has 0 spiro atoms. The summed E-state index contributed by atoms with van der Waals surface area (Å²) in [5.74, 6) is -0.641. The highest BCUT2D eigenvalue weighted by Crippen LogP contribution is 2.38. The van der Waals surface area contributed by atoms with Crippen LogP contribution in [0.15, 0.2) is 54.9 Å². The summed E-state index contributed by atoms with van der Waals surface area (Å²) in [6.45, 7) is 0.596. The van der Waals surface area contributed by atoms with Gasteiger partial charge in [-0.1, -0.05) is 42.3 Å². The molecule has 2 aromatic carbocycles. The predicted molar refractivity (Wildman–Crippen MR) is 131 cm³/mol. The van der Waals surface area contributed by atoms with E-state index in [2.05, 4.69) is 15.4 Å². The third kappa shape index (κ3) is 6.24. The number of halogens is 4. The van der Waals surface area contributed by atoms with Gasteiger partial charge in [-0.15, -0.1) is 13.2 Å². The number of likely N-dealkylation sites (tertiary alicyclic amines) is 1. The molecular formula is C25H28ClF3N4O3. The van der Waals surface area contributed by atoms with Gasteiger partial charge in [0.2, 0.25) is 5.91 Å². The van der Waals surface area contributed by atoms with Gasteiger partial charge in [-0.05, 0) is 31.0 Å². The molecule has 4 rings (SSSR count). The van der Waals surface area contributed by atoms with Crippen molar-refractivity contribution in [3.8, 4) is 16.9 Å². The van der Waals surface area contributed by atoms with E-state index in [0.717, 1.165) is 12.8 Å². The minimum absolute atomic E-state index is 0.0545. The Bertz CT molecular complexity index is 1110. The number of nitrogens with one attached hydrogen (secondary N) is 2. The van der Waals surface area contributed by atoms with Crippen molar-refractivity contribution in [2.24, 2.45) is 0 Å². The van der Waals surface area contributed by atoms with Crippen molar-refractivity contribution in [1.82, 2.24) is 15.1 Å². The van der Waals surface area contributed by atoms with E-state index < -0.39 is 18.6 Å². The molecule has 1 saturated heterocycles. The molecule has 3 atom stereocenters. The minimum Gasteiger partial charge on any atom is -0.405 e. The average Bonchev–Trinajstić information content (AvgIpc) is 3.23. The smallest absolute Gasteiger partial charge is 0.405 e. The summed E-state index contributed by atoms with van der Waals surface area (Å²) in [6, 6.07) is 9.81. The van der Waals surface area contributed by atoms with Gasteiger partial charge in [0.25, 0.3) is 0 Å². The summed E-state index contributed by atoms with van der Waals surface area (Å²) in [5, 5.41) is 17.1. The fraction of sp³-hybridized carbons (Fsp3) is 0.400. The number of piperidine rings is 1. The monoisotopic (exact) mass is 524 g/mol. The van der Waals surface area contributed by atoms with Crippen LogP contribution in [-0.4, -0.2) is 59.2 Å². The Balaban J connectivity index is 1.46. The Morgan fingerprint density at radius 2 is 2.03 bits per heavy atom. The number of alkyl halides is 3. The number of anilines is 1. The summed E-state index contributed by atoms with van der Waals surface area (Å²) in [7, 11) is 1.91. The summed E-state index contributed by atoms with van der Waals surface area (Å²) >= 11 is 6.41. The number of hydrogen-bond donors (Lipinski definition) is 3. The van der Waals surface area contributed by atoms with E-state index >= 15 is 0 Å². The van der Waals surface area contributed by atoms with Crippen LogP contribution >= 0.6 is 11.6 Å². The van der Waals surface area contributed by atoms with Gasteiger partial charge in [0.05, 0.1) is 11.1 Å². The van der Waals surface area contributed by atoms with Crippen LogP contribution in [0.5, 0.6) is 5.75 Å². The maximum absolute atomic E-state index is 13.2. The predicted octanol–water partition coefficient (Wildman–Crippen LogP) is 4.74. The second-order valence-electron chi connectivity index (χ2n) is 8.86. The molecule has 0 aliphatic carbocycles. The number of aliphatic hydroxyl groups excluding tert-OH is 1. The molecule has 3 unspecified atom stereocenters. The van der Waals surface area contributed by atoms with Gasteiger partial charge in [-0.2, -0.15) is 0 Å². The largest absolute Gasteiger partial charge is 0.573 e. The van der Waals surface area contributed by atoms with Gasteiger partial charge in [0.15, 0.2) is 0 Å². The van der Waals surface area contributed by atoms with Crippen LogP contribution in [0.1, 0.15) is 25.7 Å². The van der Waals surface area contributed by atoms with Crippen molar-refractivity contribution in [1.29, 1.82) is 0 Å². The maximum atomic E-state index is 13.2. The van der Waals surface area contributed by atoms with Crippen LogP contribution in [0, 0.1) is 0 Å². The summed E-state index contributed by atoms with van der Waals surface area (Å²) in [5.41, 5.74) is 0.926. The third-order valence-corrected chi connectivity index (χ3v) is 6.71. The number of carbonyl (C=O) groups excluding carboxylic acids is 1. The molecule has 0 aromatic heterocycles. The molecule has 2 heterocycles. The van der Waals surface area contributed by atoms with Gasteiger partial charge in [-0.25, -0.2) is 0 Å². The van der Waals surface area contributed by atoms with E-state index in [-0.39, 0.29) is 28.4 Å². The Morgan fingerprint density at radius 1 is 1.25 bits per heavy atom. The van der Waals surface area contributed by atoms with Gasteiger partial charge < -0.3 is 25.4 Å². The second kappa shape index (κ2) is 11.0. The first-order chi connectivity index (χ1) is 17.1. The molecular weight excluding hydrogens is 497 g/mol. The van der Waals surface area contributed by atoms with E-state index in [0.29, 0.717) is 30.6 Å². The molecule has 1 fully saturated rings.